The lowest BCUT2D eigenvalue weighted by Crippen LogP contribution is -2.21. The van der Waals surface area contributed by atoms with E-state index in [-0.39, 0.29) is 0 Å². The molecule has 3 aromatic carbocycles. The molecule has 25 heavy (non-hydrogen) atoms. The van der Waals surface area contributed by atoms with Gasteiger partial charge in [0.25, 0.3) is 0 Å². The number of hydrogen-bond donors (Lipinski definition) is 0. The molecule has 0 radical (unpaired) electrons. The van der Waals surface area contributed by atoms with Crippen LogP contribution in [0.3, 0.4) is 0 Å². The highest BCUT2D eigenvalue weighted by Gasteiger charge is 2.25. The Morgan fingerprint density at radius 1 is 0.680 bits per heavy atom. The van der Waals surface area contributed by atoms with Crippen molar-refractivity contribution in [2.75, 3.05) is 4.31 Å². The third-order valence-electron chi connectivity index (χ3n) is 4.21. The van der Waals surface area contributed by atoms with Crippen LogP contribution >= 0.6 is 12.1 Å². The first-order valence-corrected chi connectivity index (χ1v) is 9.00. The Bertz CT molecular complexity index is 916. The molecule has 0 saturated carbocycles. The Balaban J connectivity index is 1.87. The first kappa shape index (κ1) is 15.7. The largest absolute Gasteiger partial charge is 0.264 e. The molecule has 0 unspecified atom stereocenters. The van der Waals surface area contributed by atoms with Gasteiger partial charge in [0, 0.05) is 11.1 Å². The molecule has 3 aromatic rings. The summed E-state index contributed by atoms with van der Waals surface area (Å²) in [7, 11) is 0. The molecule has 2 nitrogen and oxygen atoms in total. The average Bonchev–Trinajstić information content (AvgIpc) is 2.70. The molecule has 0 saturated heterocycles. The van der Waals surface area contributed by atoms with Crippen molar-refractivity contribution in [3.8, 4) is 0 Å². The Morgan fingerprint density at radius 3 is 1.80 bits per heavy atom. The topological polar surface area (TPSA) is 15.6 Å². The van der Waals surface area contributed by atoms with E-state index in [2.05, 4.69) is 90.1 Å². The van der Waals surface area contributed by atoms with Gasteiger partial charge in [-0.05, 0) is 24.6 Å². The van der Waals surface area contributed by atoms with Gasteiger partial charge in [0.1, 0.15) is 0 Å². The molecule has 0 N–H and O–H groups in total. The molecule has 0 bridgehead atoms. The van der Waals surface area contributed by atoms with Crippen LogP contribution in [0.5, 0.6) is 0 Å². The molecule has 0 fully saturated rings. The van der Waals surface area contributed by atoms with Gasteiger partial charge in [-0.15, -0.1) is 0 Å². The smallest absolute Gasteiger partial charge is 0.0987 e. The predicted octanol–water partition coefficient (Wildman–Crippen LogP) is 5.99. The van der Waals surface area contributed by atoms with Crippen LogP contribution in [0.1, 0.15) is 18.1 Å². The summed E-state index contributed by atoms with van der Waals surface area (Å²) < 4.78 is 7.02. The molecule has 1 aliphatic rings. The number of anilines is 1. The van der Waals surface area contributed by atoms with E-state index in [4.69, 9.17) is 4.40 Å². The first-order chi connectivity index (χ1) is 12.3. The Kier molecular flexibility index (Phi) is 4.40. The van der Waals surface area contributed by atoms with Gasteiger partial charge in [0.15, 0.2) is 0 Å². The fourth-order valence-electron chi connectivity index (χ4n) is 2.99. The molecular weight excluding hydrogens is 324 g/mol. The minimum Gasteiger partial charge on any atom is -0.264 e. The summed E-state index contributed by atoms with van der Waals surface area (Å²) in [6.07, 6.45) is 0. The Hall–Kier alpha value is -2.78. The average molecular weight is 342 g/mol. The maximum absolute atomic E-state index is 4.82. The van der Waals surface area contributed by atoms with Crippen LogP contribution in [0.15, 0.2) is 101 Å². The van der Waals surface area contributed by atoms with Crippen molar-refractivity contribution < 1.29 is 0 Å². The lowest BCUT2D eigenvalue weighted by atomic mass is 9.98. The van der Waals surface area contributed by atoms with Gasteiger partial charge < -0.3 is 0 Å². The van der Waals surface area contributed by atoms with Gasteiger partial charge in [0.2, 0.25) is 0 Å². The van der Waals surface area contributed by atoms with Gasteiger partial charge in [-0.1, -0.05) is 78.9 Å². The number of para-hydroxylation sites is 1. The molecule has 3 heteroatoms. The Morgan fingerprint density at radius 2 is 1.20 bits per heavy atom. The summed E-state index contributed by atoms with van der Waals surface area (Å²) in [4.78, 5) is 0. The van der Waals surface area contributed by atoms with Crippen LogP contribution in [0.25, 0.3) is 5.70 Å². The summed E-state index contributed by atoms with van der Waals surface area (Å²) >= 11 is 1.49. The van der Waals surface area contributed by atoms with Crippen LogP contribution in [0, 0.1) is 0 Å². The number of allylic oxidation sites excluding steroid dienone is 1. The SMILES string of the molecule is CC1=C(c2ccccc2)N(c2ccccc2)SN=C1c1ccccc1. The highest BCUT2D eigenvalue weighted by atomic mass is 32.2. The van der Waals surface area contributed by atoms with Gasteiger partial charge in [-0.2, -0.15) is 4.40 Å². The number of nitrogens with zero attached hydrogens (tertiary/aromatic N) is 2. The van der Waals surface area contributed by atoms with Crippen molar-refractivity contribution in [1.29, 1.82) is 0 Å². The third-order valence-corrected chi connectivity index (χ3v) is 5.03. The van der Waals surface area contributed by atoms with E-state index in [1.807, 2.05) is 12.1 Å². The van der Waals surface area contributed by atoms with Crippen molar-refractivity contribution in [1.82, 2.24) is 0 Å². The second-order valence-electron chi connectivity index (χ2n) is 5.86. The summed E-state index contributed by atoms with van der Waals surface area (Å²) in [6, 6.07) is 31.3. The molecule has 0 aromatic heterocycles. The van der Waals surface area contributed by atoms with Crippen LogP contribution in [0.4, 0.5) is 5.69 Å². The first-order valence-electron chi connectivity index (χ1n) is 8.27. The molecule has 4 rings (SSSR count). The van der Waals surface area contributed by atoms with Gasteiger partial charge in [-0.25, -0.2) is 0 Å². The van der Waals surface area contributed by atoms with Crippen molar-refractivity contribution >= 4 is 29.2 Å². The van der Waals surface area contributed by atoms with E-state index in [0.29, 0.717) is 0 Å². The van der Waals surface area contributed by atoms with Crippen LogP contribution < -0.4 is 4.31 Å². The normalized spacial score (nSPS) is 14.4. The molecule has 0 aliphatic carbocycles. The highest BCUT2D eigenvalue weighted by Crippen LogP contribution is 2.39. The van der Waals surface area contributed by atoms with Gasteiger partial charge in [-0.3, -0.25) is 4.31 Å². The fourth-order valence-corrected chi connectivity index (χ4v) is 3.94. The van der Waals surface area contributed by atoms with Crippen LogP contribution in [-0.2, 0) is 0 Å². The zero-order chi connectivity index (χ0) is 17.1. The van der Waals surface area contributed by atoms with E-state index in [1.165, 1.54) is 29.0 Å². The molecule has 1 aliphatic heterocycles. The summed E-state index contributed by atoms with van der Waals surface area (Å²) in [6.45, 7) is 2.16. The Labute approximate surface area is 152 Å². The summed E-state index contributed by atoms with van der Waals surface area (Å²) in [5, 5.41) is 0. The van der Waals surface area contributed by atoms with E-state index < -0.39 is 0 Å². The fraction of sp³-hybridized carbons (Fsp3) is 0.0455. The van der Waals surface area contributed by atoms with Crippen LogP contribution in [-0.4, -0.2) is 5.71 Å². The summed E-state index contributed by atoms with van der Waals surface area (Å²) in [5.74, 6) is 0. The molecular formula is C22H18N2S. The molecule has 122 valence electrons. The van der Waals surface area contributed by atoms with Gasteiger partial charge in [0.05, 0.1) is 29.2 Å². The van der Waals surface area contributed by atoms with E-state index in [0.717, 1.165) is 17.0 Å². The summed E-state index contributed by atoms with van der Waals surface area (Å²) in [5.41, 5.74) is 6.87. The minimum absolute atomic E-state index is 1.04. The zero-order valence-corrected chi connectivity index (χ0v) is 14.8. The van der Waals surface area contributed by atoms with Crippen molar-refractivity contribution in [3.63, 3.8) is 0 Å². The quantitative estimate of drug-likeness (QED) is 0.543. The van der Waals surface area contributed by atoms with Crippen molar-refractivity contribution in [2.45, 2.75) is 6.92 Å². The monoisotopic (exact) mass is 342 g/mol. The van der Waals surface area contributed by atoms with Crippen LogP contribution in [0.2, 0.25) is 0 Å². The third kappa shape index (κ3) is 3.11. The standard InChI is InChI=1S/C22H18N2S/c1-17-21(18-11-5-2-6-12-18)23-25-24(20-15-9-4-10-16-20)22(17)19-13-7-3-8-14-19/h2-16H,1H3. The minimum atomic E-state index is 1.04. The van der Waals surface area contributed by atoms with E-state index >= 15 is 0 Å². The lowest BCUT2D eigenvalue weighted by molar-refractivity contribution is 1.36. The molecule has 0 amide bonds. The highest BCUT2D eigenvalue weighted by molar-refractivity contribution is 8.00. The van der Waals surface area contributed by atoms with E-state index in [9.17, 15) is 0 Å². The maximum Gasteiger partial charge on any atom is 0.0987 e. The molecule has 1 heterocycles. The number of rotatable bonds is 3. The number of benzene rings is 3. The van der Waals surface area contributed by atoms with E-state index in [1.54, 1.807) is 0 Å². The zero-order valence-electron chi connectivity index (χ0n) is 14.0. The second-order valence-corrected chi connectivity index (χ2v) is 6.57. The molecule has 0 spiro atoms. The lowest BCUT2D eigenvalue weighted by Gasteiger charge is -2.30. The maximum atomic E-state index is 4.82. The molecule has 0 atom stereocenters. The predicted molar refractivity (Wildman–Crippen MR) is 109 cm³/mol. The van der Waals surface area contributed by atoms with Crippen molar-refractivity contribution in [3.05, 3.63) is 108 Å². The number of hydrogen-bond acceptors (Lipinski definition) is 3. The van der Waals surface area contributed by atoms with Crippen molar-refractivity contribution in [2.24, 2.45) is 4.40 Å². The van der Waals surface area contributed by atoms with Gasteiger partial charge >= 0.3 is 0 Å². The second kappa shape index (κ2) is 6.99.